The number of allylic oxidation sites excluding steroid dienone is 2. The molecule has 0 bridgehead atoms. The van der Waals surface area contributed by atoms with Crippen LogP contribution in [0, 0.1) is 12.8 Å². The van der Waals surface area contributed by atoms with E-state index in [-0.39, 0.29) is 0 Å². The van der Waals surface area contributed by atoms with E-state index in [1.807, 2.05) is 0 Å². The zero-order valence-electron chi connectivity index (χ0n) is 13.3. The Kier molecular flexibility index (Phi) is 4.80. The van der Waals surface area contributed by atoms with Crippen LogP contribution in [0.3, 0.4) is 0 Å². The molecule has 0 unspecified atom stereocenters. The minimum absolute atomic E-state index is 0.612. The monoisotopic (exact) mass is 276 g/mol. The average Bonchev–Trinajstić information content (AvgIpc) is 2.46. The van der Waals surface area contributed by atoms with E-state index in [1.54, 1.807) is 0 Å². The van der Waals surface area contributed by atoms with Gasteiger partial charge in [-0.1, -0.05) is 81.1 Å². The van der Waals surface area contributed by atoms with Gasteiger partial charge in [-0.15, -0.1) is 0 Å². The summed E-state index contributed by atoms with van der Waals surface area (Å²) < 4.78 is 0. The molecule has 0 amide bonds. The van der Waals surface area contributed by atoms with Gasteiger partial charge in [-0.2, -0.15) is 0 Å². The number of aryl methyl sites for hydroxylation is 1. The molecule has 0 aliphatic rings. The Balaban J connectivity index is 2.19. The maximum atomic E-state index is 4.19. The lowest BCUT2D eigenvalue weighted by atomic mass is 9.93. The normalized spacial score (nSPS) is 10.7. The van der Waals surface area contributed by atoms with Crippen molar-refractivity contribution in [2.24, 2.45) is 5.92 Å². The molecule has 0 atom stereocenters. The van der Waals surface area contributed by atoms with Gasteiger partial charge in [0, 0.05) is 0 Å². The van der Waals surface area contributed by atoms with Gasteiger partial charge in [-0.25, -0.2) is 0 Å². The van der Waals surface area contributed by atoms with Gasteiger partial charge in [0.1, 0.15) is 0 Å². The first kappa shape index (κ1) is 15.3. The van der Waals surface area contributed by atoms with E-state index in [2.05, 4.69) is 82.5 Å². The number of hydrogen-bond donors (Lipinski definition) is 0. The van der Waals surface area contributed by atoms with Crippen molar-refractivity contribution in [3.8, 4) is 11.1 Å². The summed E-state index contributed by atoms with van der Waals surface area (Å²) in [4.78, 5) is 0. The van der Waals surface area contributed by atoms with Gasteiger partial charge in [0.05, 0.1) is 0 Å². The summed E-state index contributed by atoms with van der Waals surface area (Å²) in [6, 6.07) is 17.2. The quantitative estimate of drug-likeness (QED) is 0.564. The number of rotatable bonds is 5. The lowest BCUT2D eigenvalue weighted by Gasteiger charge is -2.12. The first-order valence-electron chi connectivity index (χ1n) is 7.52. The highest BCUT2D eigenvalue weighted by molar-refractivity contribution is 5.78. The Bertz CT molecular complexity index is 642. The molecule has 0 aromatic heterocycles. The summed E-state index contributed by atoms with van der Waals surface area (Å²) in [7, 11) is 0. The maximum absolute atomic E-state index is 4.19. The van der Waals surface area contributed by atoms with Gasteiger partial charge in [0.15, 0.2) is 0 Å². The molecule has 0 heteroatoms. The fourth-order valence-corrected chi connectivity index (χ4v) is 2.51. The summed E-state index contributed by atoms with van der Waals surface area (Å²) in [5.74, 6) is 0.612. The van der Waals surface area contributed by atoms with E-state index in [9.17, 15) is 0 Å². The molecule has 2 rings (SSSR count). The summed E-state index contributed by atoms with van der Waals surface area (Å²) in [5, 5.41) is 0. The summed E-state index contributed by atoms with van der Waals surface area (Å²) in [6.07, 6.45) is 0.998. The lowest BCUT2D eigenvalue weighted by Crippen LogP contribution is -1.93. The van der Waals surface area contributed by atoms with Crippen LogP contribution in [0.5, 0.6) is 0 Å². The Labute approximate surface area is 128 Å². The Morgan fingerprint density at radius 2 is 1.62 bits per heavy atom. The molecule has 0 N–H and O–H groups in total. The zero-order valence-corrected chi connectivity index (χ0v) is 13.3. The van der Waals surface area contributed by atoms with Gasteiger partial charge in [0.25, 0.3) is 0 Å². The molecule has 0 nitrogen and oxygen atoms in total. The molecule has 0 heterocycles. The predicted molar refractivity (Wildman–Crippen MR) is 94.2 cm³/mol. The molecule has 0 spiro atoms. The van der Waals surface area contributed by atoms with Crippen LogP contribution in [0.15, 0.2) is 67.3 Å². The number of benzene rings is 2. The van der Waals surface area contributed by atoms with Crippen molar-refractivity contribution >= 4 is 5.57 Å². The third kappa shape index (κ3) is 3.95. The molecule has 0 aliphatic heterocycles. The molecule has 2 aromatic rings. The molecule has 108 valence electrons. The van der Waals surface area contributed by atoms with Crippen LogP contribution in [0.1, 0.15) is 31.4 Å². The molecular weight excluding hydrogens is 252 g/mol. The fourth-order valence-electron chi connectivity index (χ4n) is 2.51. The van der Waals surface area contributed by atoms with Gasteiger partial charge in [-0.05, 0) is 47.1 Å². The highest BCUT2D eigenvalue weighted by atomic mass is 14.1. The first-order chi connectivity index (χ1) is 9.97. The topological polar surface area (TPSA) is 0 Å². The molecule has 2 aromatic carbocycles. The van der Waals surface area contributed by atoms with Crippen molar-refractivity contribution in [3.05, 3.63) is 78.4 Å². The molecule has 0 aliphatic carbocycles. The largest absolute Gasteiger partial charge is 0.0952 e. The van der Waals surface area contributed by atoms with E-state index in [0.29, 0.717) is 5.92 Å². The summed E-state index contributed by atoms with van der Waals surface area (Å²) in [6.45, 7) is 14.9. The SMILES string of the molecule is C=C(CC(C)C)C(=C)c1ccc(-c2cccc(C)c2)cc1. The van der Waals surface area contributed by atoms with Gasteiger partial charge < -0.3 is 0 Å². The smallest absolute Gasteiger partial charge is 0.0181 e. The minimum Gasteiger partial charge on any atom is -0.0952 e. The van der Waals surface area contributed by atoms with Gasteiger partial charge in [0.2, 0.25) is 0 Å². The highest BCUT2D eigenvalue weighted by Crippen LogP contribution is 2.27. The summed E-state index contributed by atoms with van der Waals surface area (Å²) >= 11 is 0. The second-order valence-electron chi connectivity index (χ2n) is 6.13. The minimum atomic E-state index is 0.612. The van der Waals surface area contributed by atoms with Crippen LogP contribution in [0.2, 0.25) is 0 Å². The van der Waals surface area contributed by atoms with Crippen LogP contribution < -0.4 is 0 Å². The van der Waals surface area contributed by atoms with Gasteiger partial charge in [-0.3, -0.25) is 0 Å². The lowest BCUT2D eigenvalue weighted by molar-refractivity contribution is 0.653. The molecule has 0 fully saturated rings. The van der Waals surface area contributed by atoms with Crippen molar-refractivity contribution in [2.75, 3.05) is 0 Å². The van der Waals surface area contributed by atoms with Crippen LogP contribution in [-0.2, 0) is 0 Å². The third-order valence-corrected chi connectivity index (χ3v) is 3.67. The van der Waals surface area contributed by atoms with Crippen LogP contribution in [-0.4, -0.2) is 0 Å². The molecule has 0 radical (unpaired) electrons. The number of hydrogen-bond acceptors (Lipinski definition) is 0. The van der Waals surface area contributed by atoms with Crippen molar-refractivity contribution in [3.63, 3.8) is 0 Å². The van der Waals surface area contributed by atoms with E-state index < -0.39 is 0 Å². The Hall–Kier alpha value is -2.08. The zero-order chi connectivity index (χ0) is 15.4. The highest BCUT2D eigenvalue weighted by Gasteiger charge is 2.06. The van der Waals surface area contributed by atoms with Gasteiger partial charge >= 0.3 is 0 Å². The van der Waals surface area contributed by atoms with E-state index in [4.69, 9.17) is 0 Å². The van der Waals surface area contributed by atoms with Crippen molar-refractivity contribution in [1.82, 2.24) is 0 Å². The van der Waals surface area contributed by atoms with Crippen LogP contribution >= 0.6 is 0 Å². The van der Waals surface area contributed by atoms with Crippen molar-refractivity contribution < 1.29 is 0 Å². The predicted octanol–water partition coefficient (Wildman–Crippen LogP) is 6.28. The Morgan fingerprint density at radius 3 is 2.19 bits per heavy atom. The fraction of sp³-hybridized carbons (Fsp3) is 0.238. The van der Waals surface area contributed by atoms with Crippen LogP contribution in [0.4, 0.5) is 0 Å². The second kappa shape index (κ2) is 6.58. The molecule has 21 heavy (non-hydrogen) atoms. The first-order valence-corrected chi connectivity index (χ1v) is 7.52. The standard InChI is InChI=1S/C21H24/c1-15(2)13-17(4)18(5)19-9-11-20(12-10-19)21-8-6-7-16(3)14-21/h6-12,14-15H,4-5,13H2,1-3H3. The van der Waals surface area contributed by atoms with Crippen LogP contribution in [0.25, 0.3) is 16.7 Å². The van der Waals surface area contributed by atoms with Crippen molar-refractivity contribution in [2.45, 2.75) is 27.2 Å². The second-order valence-corrected chi connectivity index (χ2v) is 6.13. The molecule has 0 saturated carbocycles. The molecular formula is C21H24. The summed E-state index contributed by atoms with van der Waals surface area (Å²) in [5.41, 5.74) is 7.13. The molecule has 0 saturated heterocycles. The Morgan fingerprint density at radius 1 is 0.952 bits per heavy atom. The average molecular weight is 276 g/mol. The van der Waals surface area contributed by atoms with Crippen molar-refractivity contribution in [1.29, 1.82) is 0 Å². The van der Waals surface area contributed by atoms with E-state index in [0.717, 1.165) is 23.1 Å². The maximum Gasteiger partial charge on any atom is -0.0181 e. The third-order valence-electron chi connectivity index (χ3n) is 3.67. The van der Waals surface area contributed by atoms with E-state index >= 15 is 0 Å². The van der Waals surface area contributed by atoms with E-state index in [1.165, 1.54) is 16.7 Å².